The van der Waals surface area contributed by atoms with E-state index in [9.17, 15) is 22.8 Å². The first kappa shape index (κ1) is 25.8. The number of rotatable bonds is 5. The Kier molecular flexibility index (Phi) is 6.69. The van der Waals surface area contributed by atoms with Crippen LogP contribution in [0.1, 0.15) is 5.56 Å². The average Bonchev–Trinajstić information content (AvgIpc) is 3.13. The Hall–Kier alpha value is -4.33. The fourth-order valence-electron chi connectivity index (χ4n) is 3.26. The van der Waals surface area contributed by atoms with Gasteiger partial charge in [0, 0.05) is 46.7 Å². The third kappa shape index (κ3) is 5.28. The first-order valence-electron chi connectivity index (χ1n) is 10.5. The van der Waals surface area contributed by atoms with Gasteiger partial charge >= 0.3 is 12.2 Å². The van der Waals surface area contributed by atoms with Crippen LogP contribution in [0.3, 0.4) is 0 Å². The molecule has 0 atom stereocenters. The van der Waals surface area contributed by atoms with Crippen molar-refractivity contribution in [2.45, 2.75) is 6.18 Å². The van der Waals surface area contributed by atoms with Crippen molar-refractivity contribution in [2.24, 2.45) is 14.1 Å². The molecule has 0 aliphatic carbocycles. The second kappa shape index (κ2) is 9.61. The molecule has 0 aliphatic rings. The van der Waals surface area contributed by atoms with Gasteiger partial charge in [-0.3, -0.25) is 10.1 Å². The predicted molar refractivity (Wildman–Crippen MR) is 131 cm³/mol. The van der Waals surface area contributed by atoms with Crippen LogP contribution in [0.4, 0.5) is 35.4 Å². The molecule has 0 saturated carbocycles. The smallest absolute Gasteiger partial charge is 0.417 e. The summed E-state index contributed by atoms with van der Waals surface area (Å²) in [6.07, 6.45) is -1.18. The van der Waals surface area contributed by atoms with E-state index in [-0.39, 0.29) is 39.9 Å². The summed E-state index contributed by atoms with van der Waals surface area (Å²) in [6.45, 7) is 0. The van der Waals surface area contributed by atoms with Crippen LogP contribution >= 0.6 is 11.6 Å². The number of carbonyl (C=O) groups is 1. The molecule has 2 N–H and O–H groups in total. The van der Waals surface area contributed by atoms with Crippen molar-refractivity contribution in [1.82, 2.24) is 29.0 Å². The van der Waals surface area contributed by atoms with Crippen LogP contribution < -0.4 is 20.9 Å². The molecular weight excluding hydrogens is 517 g/mol. The number of hydrogen-bond acceptors (Lipinski definition) is 7. The van der Waals surface area contributed by atoms with E-state index in [4.69, 9.17) is 16.3 Å². The van der Waals surface area contributed by atoms with Crippen molar-refractivity contribution >= 4 is 46.2 Å². The Balaban J connectivity index is 1.66. The van der Waals surface area contributed by atoms with Crippen LogP contribution in [0.2, 0.25) is 5.02 Å². The summed E-state index contributed by atoms with van der Waals surface area (Å²) >= 11 is 6.56. The Morgan fingerprint density at radius 3 is 2.59 bits per heavy atom. The van der Waals surface area contributed by atoms with Crippen molar-refractivity contribution in [3.8, 4) is 11.5 Å². The minimum Gasteiger partial charge on any atom is -0.454 e. The maximum atomic E-state index is 13.2. The highest BCUT2D eigenvalue weighted by molar-refractivity contribution is 6.36. The minimum atomic E-state index is -4.65. The summed E-state index contributed by atoms with van der Waals surface area (Å²) in [5.74, 6) is 0.737. The zero-order valence-corrected chi connectivity index (χ0v) is 20.6. The molecule has 0 bridgehead atoms. The predicted octanol–water partition coefficient (Wildman–Crippen LogP) is 4.36. The largest absolute Gasteiger partial charge is 0.454 e. The number of urea groups is 1. The number of aromatic nitrogens is 5. The first-order chi connectivity index (χ1) is 17.3. The van der Waals surface area contributed by atoms with Crippen LogP contribution in [0.5, 0.6) is 11.5 Å². The number of nitrogens with one attached hydrogen (secondary N) is 2. The number of fused-ring (bicyclic) bond motifs is 1. The number of anilines is 3. The molecule has 4 aromatic heterocycles. The van der Waals surface area contributed by atoms with Crippen LogP contribution in [0, 0.1) is 0 Å². The third-order valence-electron chi connectivity index (χ3n) is 5.16. The second-order valence-corrected chi connectivity index (χ2v) is 8.47. The molecule has 4 aromatic rings. The van der Waals surface area contributed by atoms with Crippen LogP contribution in [0.25, 0.3) is 11.2 Å². The van der Waals surface area contributed by atoms with Crippen molar-refractivity contribution in [3.05, 3.63) is 57.7 Å². The van der Waals surface area contributed by atoms with Gasteiger partial charge in [-0.2, -0.15) is 18.2 Å². The Morgan fingerprint density at radius 2 is 1.92 bits per heavy atom. The highest BCUT2D eigenvalue weighted by Crippen LogP contribution is 2.36. The van der Waals surface area contributed by atoms with Gasteiger partial charge in [-0.25, -0.2) is 14.8 Å². The molecule has 4 heterocycles. The van der Waals surface area contributed by atoms with Crippen molar-refractivity contribution in [1.29, 1.82) is 0 Å². The summed E-state index contributed by atoms with van der Waals surface area (Å²) in [6, 6.07) is 3.37. The number of halogens is 4. The topological polar surface area (TPSA) is 119 Å². The summed E-state index contributed by atoms with van der Waals surface area (Å²) in [7, 11) is 5.93. The second-order valence-electron chi connectivity index (χ2n) is 8.09. The van der Waals surface area contributed by atoms with Gasteiger partial charge in [0.1, 0.15) is 27.8 Å². The van der Waals surface area contributed by atoms with E-state index in [0.29, 0.717) is 23.5 Å². The van der Waals surface area contributed by atoms with Crippen LogP contribution in [-0.2, 0) is 20.3 Å². The van der Waals surface area contributed by atoms with E-state index in [1.807, 2.05) is 0 Å². The molecule has 194 valence electrons. The monoisotopic (exact) mass is 536 g/mol. The lowest BCUT2D eigenvalue weighted by atomic mass is 10.2. The molecule has 2 amide bonds. The van der Waals surface area contributed by atoms with E-state index < -0.39 is 17.3 Å². The van der Waals surface area contributed by atoms with E-state index in [1.165, 1.54) is 35.0 Å². The Labute approximate surface area is 212 Å². The van der Waals surface area contributed by atoms with E-state index in [2.05, 4.69) is 25.6 Å². The molecule has 11 nitrogen and oxygen atoms in total. The zero-order valence-electron chi connectivity index (χ0n) is 19.9. The van der Waals surface area contributed by atoms with Gasteiger partial charge in [0.15, 0.2) is 11.4 Å². The van der Waals surface area contributed by atoms with Crippen molar-refractivity contribution in [2.75, 3.05) is 24.7 Å². The number of aryl methyl sites for hydroxylation is 2. The van der Waals surface area contributed by atoms with Gasteiger partial charge in [0.25, 0.3) is 5.56 Å². The number of alkyl halides is 3. The molecule has 0 aliphatic heterocycles. The zero-order chi connectivity index (χ0) is 27.1. The van der Waals surface area contributed by atoms with E-state index >= 15 is 0 Å². The van der Waals surface area contributed by atoms with Gasteiger partial charge in [-0.15, -0.1) is 0 Å². The highest BCUT2D eigenvalue weighted by Gasteiger charge is 2.32. The van der Waals surface area contributed by atoms with Crippen LogP contribution in [0.15, 0.2) is 41.6 Å². The summed E-state index contributed by atoms with van der Waals surface area (Å²) in [4.78, 5) is 38.2. The fraction of sp³-hybridized carbons (Fsp3) is 0.227. The molecule has 15 heteroatoms. The number of nitrogens with zero attached hydrogens (tertiary/aromatic N) is 6. The molecule has 0 unspecified atom stereocenters. The molecular formula is C22H20ClF3N8O3. The Bertz CT molecular complexity index is 1570. The lowest BCUT2D eigenvalue weighted by molar-refractivity contribution is -0.138. The van der Waals surface area contributed by atoms with E-state index in [0.717, 1.165) is 4.57 Å². The summed E-state index contributed by atoms with van der Waals surface area (Å²) in [5.41, 5.74) is -1.54. The standard InChI is InChI=1S/C22H20ClF3N8O3/c1-32(2)21(36)30-15-8-12(5-6-27-15)37-14-9-28-18-17(16(14)23)34(4)20(31-18)29-13-7-11(22(24,25)26)10-33(3)19(13)35/h5-10H,1-4H3,(H,27,30,36)(H,28,29,31). The van der Waals surface area contributed by atoms with E-state index in [1.54, 1.807) is 27.2 Å². The molecule has 4 rings (SSSR count). The SMILES string of the molecule is CN(C)C(=O)Nc1cc(Oc2cnc3nc(Nc4cc(C(F)(F)F)cn(C)c4=O)n(C)c3c2Cl)ccn1. The number of carbonyl (C=O) groups excluding carboxylic acids is 1. The highest BCUT2D eigenvalue weighted by atomic mass is 35.5. The molecule has 0 radical (unpaired) electrons. The number of ether oxygens (including phenoxy) is 1. The quantitative estimate of drug-likeness (QED) is 0.389. The molecule has 37 heavy (non-hydrogen) atoms. The maximum absolute atomic E-state index is 13.2. The normalized spacial score (nSPS) is 11.5. The maximum Gasteiger partial charge on any atom is 0.417 e. The summed E-state index contributed by atoms with van der Waals surface area (Å²) in [5, 5.41) is 5.35. The lowest BCUT2D eigenvalue weighted by Crippen LogP contribution is -2.27. The molecule has 0 spiro atoms. The average molecular weight is 537 g/mol. The van der Waals surface area contributed by atoms with Crippen molar-refractivity contribution < 1.29 is 22.7 Å². The van der Waals surface area contributed by atoms with Crippen LogP contribution in [-0.4, -0.2) is 49.1 Å². The van der Waals surface area contributed by atoms with Gasteiger partial charge in [-0.05, 0) is 12.1 Å². The first-order valence-corrected chi connectivity index (χ1v) is 10.9. The number of imidazole rings is 1. The van der Waals surface area contributed by atoms with Gasteiger partial charge in [-0.1, -0.05) is 11.6 Å². The number of amides is 2. The number of pyridine rings is 3. The molecule has 0 saturated heterocycles. The fourth-order valence-corrected chi connectivity index (χ4v) is 3.56. The third-order valence-corrected chi connectivity index (χ3v) is 5.53. The van der Waals surface area contributed by atoms with Gasteiger partial charge in [0.2, 0.25) is 5.95 Å². The molecule has 0 aromatic carbocycles. The minimum absolute atomic E-state index is 0.0376. The van der Waals surface area contributed by atoms with Gasteiger partial charge in [0.05, 0.1) is 11.8 Å². The Morgan fingerprint density at radius 1 is 1.19 bits per heavy atom. The lowest BCUT2D eigenvalue weighted by Gasteiger charge is -2.13. The summed E-state index contributed by atoms with van der Waals surface area (Å²) < 4.78 is 47.8. The van der Waals surface area contributed by atoms with Crippen molar-refractivity contribution in [3.63, 3.8) is 0 Å². The van der Waals surface area contributed by atoms with Gasteiger partial charge < -0.3 is 24.1 Å². The molecule has 0 fully saturated rings. The number of hydrogen-bond donors (Lipinski definition) is 2.